The van der Waals surface area contributed by atoms with Crippen LogP contribution in [0.25, 0.3) is 0 Å². The molecule has 0 saturated carbocycles. The van der Waals surface area contributed by atoms with Gasteiger partial charge in [0.25, 0.3) is 0 Å². The minimum atomic E-state index is -5.67. The zero-order chi connectivity index (χ0) is 14.0. The van der Waals surface area contributed by atoms with Crippen LogP contribution in [0.3, 0.4) is 0 Å². The van der Waals surface area contributed by atoms with Crippen LogP contribution in [0.2, 0.25) is 0 Å². The van der Waals surface area contributed by atoms with E-state index in [1.54, 1.807) is 0 Å². The van der Waals surface area contributed by atoms with Crippen molar-refractivity contribution in [3.05, 3.63) is 36.9 Å². The highest BCUT2D eigenvalue weighted by Gasteiger charge is 2.58. The average molecular weight is 268 g/mol. The van der Waals surface area contributed by atoms with Crippen molar-refractivity contribution in [1.29, 1.82) is 0 Å². The molecule has 1 rings (SSSR count). The highest BCUT2D eigenvalue weighted by Crippen LogP contribution is 2.43. The van der Waals surface area contributed by atoms with Crippen LogP contribution >= 0.6 is 0 Å². The van der Waals surface area contributed by atoms with E-state index in [0.29, 0.717) is 12.1 Å². The highest BCUT2D eigenvalue weighted by atomic mass is 19.4. The average Bonchev–Trinajstić information content (AvgIpc) is 2.28. The number of alkyl halides is 5. The van der Waals surface area contributed by atoms with Gasteiger partial charge in [-0.25, -0.2) is 4.79 Å². The number of nitrogens with one attached hydrogen (secondary N) is 1. The molecule has 0 aliphatic carbocycles. The third kappa shape index (κ3) is 2.88. The Labute approximate surface area is 98.5 Å². The Morgan fingerprint density at radius 1 is 1.11 bits per heavy atom. The topological polar surface area (TPSA) is 38.3 Å². The molecule has 0 aliphatic heterocycles. The quantitative estimate of drug-likeness (QED) is 0.831. The summed E-state index contributed by atoms with van der Waals surface area (Å²) in [7, 11) is 2.79. The first-order valence-corrected chi connectivity index (χ1v) is 4.46. The first-order valence-electron chi connectivity index (χ1n) is 4.46. The normalized spacial score (nSPS) is 12.1. The maximum Gasteiger partial charge on any atom is 0.458 e. The van der Waals surface area contributed by atoms with Crippen LogP contribution in [0.5, 0.6) is 0 Å². The van der Waals surface area contributed by atoms with Gasteiger partial charge in [-0.1, -0.05) is 12.1 Å². The van der Waals surface area contributed by atoms with Crippen molar-refractivity contribution >= 4 is 11.8 Å². The van der Waals surface area contributed by atoms with Crippen molar-refractivity contribution in [2.45, 2.75) is 12.1 Å². The first kappa shape index (κ1) is 14.2. The molecule has 3 nitrogen and oxygen atoms in total. The predicted molar refractivity (Wildman–Crippen MR) is 51.9 cm³/mol. The van der Waals surface area contributed by atoms with Crippen LogP contribution in [0.15, 0.2) is 24.3 Å². The van der Waals surface area contributed by atoms with Crippen molar-refractivity contribution < 1.29 is 31.5 Å². The molecule has 8 heteroatoms. The minimum Gasteiger partial charge on any atom is -0.446 e. The molecule has 1 aromatic rings. The maximum absolute atomic E-state index is 12.9. The van der Waals surface area contributed by atoms with E-state index in [2.05, 4.69) is 17.2 Å². The van der Waals surface area contributed by atoms with Gasteiger partial charge < -0.3 is 4.74 Å². The van der Waals surface area contributed by atoms with Crippen molar-refractivity contribution in [2.24, 2.45) is 0 Å². The number of amides is 1. The van der Waals surface area contributed by atoms with Crippen molar-refractivity contribution in [1.82, 2.24) is 0 Å². The number of carbonyl (C=O) groups excluding carboxylic acids is 1. The lowest BCUT2D eigenvalue weighted by Crippen LogP contribution is -2.33. The van der Waals surface area contributed by atoms with E-state index in [4.69, 9.17) is 0 Å². The summed E-state index contributed by atoms with van der Waals surface area (Å²) in [6, 6.07) is 2.91. The van der Waals surface area contributed by atoms with Crippen LogP contribution in [-0.4, -0.2) is 12.3 Å². The molecule has 1 aromatic carbocycles. The van der Waals surface area contributed by atoms with Gasteiger partial charge in [-0.05, 0) is 12.1 Å². The zero-order valence-corrected chi connectivity index (χ0v) is 8.72. The first-order chi connectivity index (χ1) is 8.18. The molecule has 0 saturated heterocycles. The second kappa shape index (κ2) is 4.79. The number of ether oxygens (including phenoxy) is 1. The number of rotatable bonds is 2. The third-order valence-corrected chi connectivity index (χ3v) is 1.98. The molecular formula is C10H7F5NO2. The number of anilines is 1. The lowest BCUT2D eigenvalue weighted by Gasteiger charge is -2.19. The summed E-state index contributed by atoms with van der Waals surface area (Å²) in [5, 5.41) is 2.06. The van der Waals surface area contributed by atoms with E-state index in [1.807, 2.05) is 0 Å². The van der Waals surface area contributed by atoms with E-state index < -0.39 is 23.8 Å². The van der Waals surface area contributed by atoms with Gasteiger partial charge in [0.1, 0.15) is 7.11 Å². The third-order valence-electron chi connectivity index (χ3n) is 1.98. The molecule has 1 radical (unpaired) electrons. The summed E-state index contributed by atoms with van der Waals surface area (Å²) >= 11 is 0. The van der Waals surface area contributed by atoms with Gasteiger partial charge in [0, 0.05) is 11.3 Å². The Balaban J connectivity index is 2.93. The Morgan fingerprint density at radius 3 is 2.00 bits per heavy atom. The Kier molecular flexibility index (Phi) is 3.78. The molecule has 0 bridgehead atoms. The van der Waals surface area contributed by atoms with Gasteiger partial charge in [-0.15, -0.1) is 0 Å². The molecular weight excluding hydrogens is 261 g/mol. The molecule has 0 atom stereocenters. The van der Waals surface area contributed by atoms with Gasteiger partial charge in [0.2, 0.25) is 0 Å². The van der Waals surface area contributed by atoms with E-state index >= 15 is 0 Å². The molecule has 0 spiro atoms. The fraction of sp³-hybridized carbons (Fsp3) is 0.200. The Hall–Kier alpha value is -1.86. The number of hydrogen-bond acceptors (Lipinski definition) is 2. The number of carbonyl (C=O) groups is 1. The summed E-state index contributed by atoms with van der Waals surface area (Å²) < 4.78 is 65.8. The SMILES string of the molecule is [CH2]OC(=O)Nc1ccc(C(F)(F)C(F)(F)F)cc1. The van der Waals surface area contributed by atoms with E-state index in [-0.39, 0.29) is 5.69 Å². The van der Waals surface area contributed by atoms with Crippen LogP contribution in [0.4, 0.5) is 32.4 Å². The molecule has 18 heavy (non-hydrogen) atoms. The summed E-state index contributed by atoms with van der Waals surface area (Å²) in [6.45, 7) is 0. The number of halogens is 5. The minimum absolute atomic E-state index is 0.00498. The lowest BCUT2D eigenvalue weighted by molar-refractivity contribution is -0.289. The fourth-order valence-corrected chi connectivity index (χ4v) is 1.08. The van der Waals surface area contributed by atoms with Gasteiger partial charge in [0.15, 0.2) is 0 Å². The largest absolute Gasteiger partial charge is 0.458 e. The lowest BCUT2D eigenvalue weighted by atomic mass is 10.1. The second-order valence-electron chi connectivity index (χ2n) is 3.21. The van der Waals surface area contributed by atoms with Crippen molar-refractivity contribution in [2.75, 3.05) is 5.32 Å². The standard InChI is InChI=1S/C10H7F5NO2/c1-18-8(17)16-7-4-2-6(3-5-7)9(11,12)10(13,14)15/h2-5H,1H2,(H,16,17). The molecule has 0 aromatic heterocycles. The Bertz CT molecular complexity index is 427. The van der Waals surface area contributed by atoms with Crippen LogP contribution < -0.4 is 5.32 Å². The summed E-state index contributed by atoms with van der Waals surface area (Å²) in [5.41, 5.74) is -1.21. The zero-order valence-electron chi connectivity index (χ0n) is 8.72. The van der Waals surface area contributed by atoms with Gasteiger partial charge in [0.05, 0.1) is 0 Å². The molecule has 0 fully saturated rings. The molecule has 1 amide bonds. The van der Waals surface area contributed by atoms with Crippen molar-refractivity contribution in [3.63, 3.8) is 0 Å². The van der Waals surface area contributed by atoms with E-state index in [1.165, 1.54) is 0 Å². The fourth-order valence-electron chi connectivity index (χ4n) is 1.08. The molecule has 1 N–H and O–H groups in total. The monoisotopic (exact) mass is 268 g/mol. The summed E-state index contributed by atoms with van der Waals surface area (Å²) in [5.74, 6) is -4.95. The number of hydrogen-bond donors (Lipinski definition) is 1. The van der Waals surface area contributed by atoms with Gasteiger partial charge >= 0.3 is 18.2 Å². The second-order valence-corrected chi connectivity index (χ2v) is 3.21. The maximum atomic E-state index is 12.9. The molecule has 0 unspecified atom stereocenters. The van der Waals surface area contributed by atoms with Gasteiger partial charge in [-0.2, -0.15) is 22.0 Å². The highest BCUT2D eigenvalue weighted by molar-refractivity contribution is 5.84. The molecule has 0 heterocycles. The smallest absolute Gasteiger partial charge is 0.446 e. The van der Waals surface area contributed by atoms with E-state index in [9.17, 15) is 26.7 Å². The predicted octanol–water partition coefficient (Wildman–Crippen LogP) is 3.68. The summed E-state index contributed by atoms with van der Waals surface area (Å²) in [4.78, 5) is 10.7. The molecule has 0 aliphatic rings. The van der Waals surface area contributed by atoms with Gasteiger partial charge in [-0.3, -0.25) is 5.32 Å². The molecule has 99 valence electrons. The van der Waals surface area contributed by atoms with E-state index in [0.717, 1.165) is 12.1 Å². The van der Waals surface area contributed by atoms with Crippen molar-refractivity contribution in [3.8, 4) is 0 Å². The van der Waals surface area contributed by atoms with Crippen LogP contribution in [0.1, 0.15) is 5.56 Å². The Morgan fingerprint density at radius 2 is 1.61 bits per heavy atom. The van der Waals surface area contributed by atoms with Crippen LogP contribution in [-0.2, 0) is 10.7 Å². The number of benzene rings is 1. The summed E-state index contributed by atoms with van der Waals surface area (Å²) in [6.07, 6.45) is -6.64. The van der Waals surface area contributed by atoms with Crippen LogP contribution in [0, 0.1) is 7.11 Å².